The molecule has 1 aliphatic heterocycles. The molecule has 0 atom stereocenters. The Morgan fingerprint density at radius 3 is 1.94 bits per heavy atom. The number of halogens is 3. The van der Waals surface area contributed by atoms with Crippen molar-refractivity contribution in [3.05, 3.63) is 0 Å². The van der Waals surface area contributed by atoms with Gasteiger partial charge in [0.25, 0.3) is 0 Å². The number of rotatable bonds is 2. The monoisotopic (exact) mass is 274 g/mol. The topological polar surface area (TPSA) is 0 Å². The Bertz CT molecular complexity index is 269. The van der Waals surface area contributed by atoms with Gasteiger partial charge in [0, 0.05) is 0 Å². The van der Waals surface area contributed by atoms with Crippen molar-refractivity contribution in [2.24, 2.45) is 11.3 Å². The van der Waals surface area contributed by atoms with Gasteiger partial charge >= 0.3 is 58.4 Å². The van der Waals surface area contributed by atoms with E-state index in [4.69, 9.17) is 0 Å². The van der Waals surface area contributed by atoms with Gasteiger partial charge in [0.15, 0.2) is 0 Å². The molecule has 3 saturated carbocycles. The molecule has 4 rings (SSSR count). The summed E-state index contributed by atoms with van der Waals surface area (Å²) in [5.74, 6) is 2.94. The molecular formula is C10H15BF3KS. The molecule has 1 saturated heterocycles. The maximum atomic E-state index is 12.7. The van der Waals surface area contributed by atoms with Gasteiger partial charge in [-0.25, -0.2) is 0 Å². The van der Waals surface area contributed by atoms with Gasteiger partial charge in [0.2, 0.25) is 0 Å². The van der Waals surface area contributed by atoms with Gasteiger partial charge in [-0.3, -0.25) is 0 Å². The van der Waals surface area contributed by atoms with Gasteiger partial charge in [-0.2, -0.15) is 11.8 Å². The molecule has 0 unspecified atom stereocenters. The van der Waals surface area contributed by atoms with Gasteiger partial charge in [0.1, 0.15) is 0 Å². The van der Waals surface area contributed by atoms with Crippen LogP contribution in [0.1, 0.15) is 32.1 Å². The molecule has 4 aliphatic rings. The third kappa shape index (κ3) is 1.90. The quantitative estimate of drug-likeness (QED) is 0.674. The Balaban J connectivity index is 0.000000963. The zero-order chi connectivity index (χ0) is 10.7. The van der Waals surface area contributed by atoms with E-state index in [1.54, 1.807) is 0 Å². The summed E-state index contributed by atoms with van der Waals surface area (Å²) in [5.41, 5.74) is 0.137. The van der Waals surface area contributed by atoms with Gasteiger partial charge < -0.3 is 12.9 Å². The van der Waals surface area contributed by atoms with Crippen LogP contribution >= 0.6 is 11.8 Å². The number of hydrogen-bond donors (Lipinski definition) is 0. The molecule has 3 aliphatic carbocycles. The Morgan fingerprint density at radius 2 is 1.50 bits per heavy atom. The Hall–Kier alpha value is 1.84. The van der Waals surface area contributed by atoms with Crippen LogP contribution in [0, 0.1) is 11.3 Å². The second kappa shape index (κ2) is 4.44. The smallest absolute Gasteiger partial charge is 0.449 e. The average Bonchev–Trinajstić information content (AvgIpc) is 1.98. The molecule has 86 valence electrons. The fourth-order valence-electron chi connectivity index (χ4n) is 4.04. The summed E-state index contributed by atoms with van der Waals surface area (Å²) >= 11 is 1.95. The second-order valence-corrected chi connectivity index (χ2v) is 6.94. The van der Waals surface area contributed by atoms with Gasteiger partial charge in [-0.1, -0.05) is 24.6 Å². The maximum Gasteiger partial charge on any atom is 1.00 e. The van der Waals surface area contributed by atoms with E-state index < -0.39 is 12.3 Å². The van der Waals surface area contributed by atoms with Crippen LogP contribution in [-0.2, 0) is 0 Å². The van der Waals surface area contributed by atoms with Crippen LogP contribution in [0.3, 0.4) is 0 Å². The van der Waals surface area contributed by atoms with Crippen molar-refractivity contribution in [2.75, 3.05) is 11.5 Å². The Labute approximate surface area is 141 Å². The molecule has 0 spiro atoms. The predicted molar refractivity (Wildman–Crippen MR) is 58.1 cm³/mol. The van der Waals surface area contributed by atoms with Crippen molar-refractivity contribution in [3.63, 3.8) is 0 Å². The third-order valence-corrected chi connectivity index (χ3v) is 5.94. The third-order valence-electron chi connectivity index (χ3n) is 4.89. The molecular weight excluding hydrogens is 259 g/mol. The van der Waals surface area contributed by atoms with Crippen LogP contribution < -0.4 is 51.4 Å². The molecule has 2 bridgehead atoms. The first kappa shape index (κ1) is 14.3. The fraction of sp³-hybridized carbons (Fsp3) is 1.00. The minimum atomic E-state index is -4.57. The summed E-state index contributed by atoms with van der Waals surface area (Å²) in [6, 6.07) is 0. The van der Waals surface area contributed by atoms with E-state index in [-0.39, 0.29) is 56.8 Å². The van der Waals surface area contributed by atoms with E-state index in [1.807, 2.05) is 11.8 Å². The van der Waals surface area contributed by atoms with Gasteiger partial charge in [-0.15, -0.1) is 0 Å². The number of hydrogen-bond acceptors (Lipinski definition) is 1. The van der Waals surface area contributed by atoms with E-state index in [0.717, 1.165) is 24.3 Å². The molecule has 1 heterocycles. The first-order chi connectivity index (χ1) is 6.98. The van der Waals surface area contributed by atoms with Crippen LogP contribution in [0.2, 0.25) is 5.31 Å². The zero-order valence-corrected chi connectivity index (χ0v) is 13.6. The van der Waals surface area contributed by atoms with Crippen LogP contribution in [0.4, 0.5) is 12.9 Å². The summed E-state index contributed by atoms with van der Waals surface area (Å²) < 4.78 is 38.2. The van der Waals surface area contributed by atoms with Gasteiger partial charge in [-0.05, 0) is 35.7 Å². The van der Waals surface area contributed by atoms with E-state index in [0.29, 0.717) is 25.2 Å². The first-order valence-electron chi connectivity index (χ1n) is 5.75. The fourth-order valence-corrected chi connectivity index (χ4v) is 5.14. The molecule has 16 heavy (non-hydrogen) atoms. The van der Waals surface area contributed by atoms with E-state index in [2.05, 4.69) is 0 Å². The van der Waals surface area contributed by atoms with Crippen LogP contribution in [0.25, 0.3) is 0 Å². The minimum Gasteiger partial charge on any atom is -0.449 e. The molecule has 0 N–H and O–H groups in total. The predicted octanol–water partition coefficient (Wildman–Crippen LogP) is 0.905. The average molecular weight is 274 g/mol. The molecule has 0 aromatic carbocycles. The second-order valence-electron chi connectivity index (χ2n) is 5.72. The summed E-state index contributed by atoms with van der Waals surface area (Å²) in [6.07, 6.45) is 3.73. The maximum absolute atomic E-state index is 12.7. The molecule has 0 aromatic heterocycles. The van der Waals surface area contributed by atoms with Gasteiger partial charge in [0.05, 0.1) is 0 Å². The van der Waals surface area contributed by atoms with Crippen LogP contribution in [0.15, 0.2) is 0 Å². The van der Waals surface area contributed by atoms with Crippen LogP contribution in [-0.4, -0.2) is 18.5 Å². The molecule has 4 fully saturated rings. The normalized spacial score (nSPS) is 42.9. The van der Waals surface area contributed by atoms with Crippen molar-refractivity contribution in [1.29, 1.82) is 0 Å². The Morgan fingerprint density at radius 1 is 1.00 bits per heavy atom. The summed E-state index contributed by atoms with van der Waals surface area (Å²) in [4.78, 5) is 0. The van der Waals surface area contributed by atoms with Crippen molar-refractivity contribution in [1.82, 2.24) is 0 Å². The molecule has 6 heteroatoms. The number of thioether (sulfide) groups is 1. The Kier molecular flexibility index (Phi) is 3.96. The molecule has 0 amide bonds. The van der Waals surface area contributed by atoms with Crippen molar-refractivity contribution < 1.29 is 64.3 Å². The van der Waals surface area contributed by atoms with Crippen LogP contribution in [0.5, 0.6) is 0 Å². The van der Waals surface area contributed by atoms with E-state index in [9.17, 15) is 12.9 Å². The largest absolute Gasteiger partial charge is 1.00 e. The van der Waals surface area contributed by atoms with Crippen molar-refractivity contribution >= 4 is 18.7 Å². The molecule has 0 nitrogen and oxygen atoms in total. The van der Waals surface area contributed by atoms with Crippen molar-refractivity contribution in [2.45, 2.75) is 37.4 Å². The van der Waals surface area contributed by atoms with Crippen molar-refractivity contribution in [3.8, 4) is 0 Å². The summed E-state index contributed by atoms with van der Waals surface area (Å²) in [7, 11) is 0. The minimum absolute atomic E-state index is 0. The van der Waals surface area contributed by atoms with E-state index >= 15 is 0 Å². The standard InChI is InChI=1S/C10H15BF3S.K/c12-11(13,14)10-5-9(6-10,7-10)8-1-3-15-4-2-8;/h8H,1-7H2;/q-1;+1. The molecule has 0 radical (unpaired) electrons. The molecule has 0 aromatic rings. The van der Waals surface area contributed by atoms with E-state index in [1.165, 1.54) is 0 Å². The zero-order valence-electron chi connectivity index (χ0n) is 9.65. The summed E-state index contributed by atoms with van der Waals surface area (Å²) in [6.45, 7) is -4.57. The summed E-state index contributed by atoms with van der Waals surface area (Å²) in [5, 5.41) is -1.18. The SMILES string of the molecule is F[B-](F)(F)C12CC(C3CCSCC3)(C1)C2.[K+]. The first-order valence-corrected chi connectivity index (χ1v) is 6.90.